The lowest BCUT2D eigenvalue weighted by Gasteiger charge is -2.22. The molecule has 0 aromatic heterocycles. The van der Waals surface area contributed by atoms with Gasteiger partial charge in [0.05, 0.1) is 0 Å². The number of carboxylic acid groups (broad SMARTS) is 1. The predicted molar refractivity (Wildman–Crippen MR) is 48.6 cm³/mol. The standard InChI is InChI=1S/C8H16N2O3/c1-4-5-9(2)8(13)10(3)6-7(11)12/h4-6H2,1-3H3,(H,11,12). The Morgan fingerprint density at radius 2 is 1.77 bits per heavy atom. The second-order valence-electron chi connectivity index (χ2n) is 2.95. The Morgan fingerprint density at radius 1 is 1.23 bits per heavy atom. The molecule has 0 heterocycles. The Labute approximate surface area is 77.9 Å². The van der Waals surface area contributed by atoms with E-state index in [0.29, 0.717) is 6.54 Å². The summed E-state index contributed by atoms with van der Waals surface area (Å²) < 4.78 is 0. The van der Waals surface area contributed by atoms with Crippen LogP contribution in [0, 0.1) is 0 Å². The summed E-state index contributed by atoms with van der Waals surface area (Å²) in [6.07, 6.45) is 0.864. The van der Waals surface area contributed by atoms with E-state index in [4.69, 9.17) is 5.11 Å². The van der Waals surface area contributed by atoms with Crippen LogP contribution in [0.1, 0.15) is 13.3 Å². The molecule has 0 fully saturated rings. The van der Waals surface area contributed by atoms with E-state index in [1.807, 2.05) is 6.92 Å². The van der Waals surface area contributed by atoms with Crippen LogP contribution in [0.25, 0.3) is 0 Å². The number of carbonyl (C=O) groups is 2. The average Bonchev–Trinajstić information content (AvgIpc) is 2.02. The van der Waals surface area contributed by atoms with Crippen molar-refractivity contribution in [3.8, 4) is 0 Å². The molecule has 0 spiro atoms. The highest BCUT2D eigenvalue weighted by Gasteiger charge is 2.15. The first kappa shape index (κ1) is 11.7. The van der Waals surface area contributed by atoms with Gasteiger partial charge in [0.15, 0.2) is 0 Å². The third-order valence-corrected chi connectivity index (χ3v) is 1.58. The maximum atomic E-state index is 11.4. The molecule has 5 heteroatoms. The van der Waals surface area contributed by atoms with Crippen molar-refractivity contribution in [3.05, 3.63) is 0 Å². The minimum atomic E-state index is -0.999. The Balaban J connectivity index is 4.01. The van der Waals surface area contributed by atoms with Gasteiger partial charge in [-0.15, -0.1) is 0 Å². The molecule has 0 aliphatic rings. The number of urea groups is 1. The first-order valence-electron chi connectivity index (χ1n) is 4.17. The van der Waals surface area contributed by atoms with Crippen molar-refractivity contribution in [2.45, 2.75) is 13.3 Å². The molecule has 0 aromatic carbocycles. The van der Waals surface area contributed by atoms with Crippen LogP contribution in [0.15, 0.2) is 0 Å². The number of aliphatic carboxylic acids is 1. The van der Waals surface area contributed by atoms with Gasteiger partial charge in [0, 0.05) is 20.6 Å². The molecule has 0 saturated heterocycles. The Kier molecular flexibility index (Phi) is 4.87. The van der Waals surface area contributed by atoms with Gasteiger partial charge in [0.2, 0.25) is 0 Å². The van der Waals surface area contributed by atoms with Crippen LogP contribution < -0.4 is 0 Å². The summed E-state index contributed by atoms with van der Waals surface area (Å²) in [5.74, 6) is -0.999. The number of hydrogen-bond acceptors (Lipinski definition) is 2. The van der Waals surface area contributed by atoms with Gasteiger partial charge < -0.3 is 14.9 Å². The lowest BCUT2D eigenvalue weighted by atomic mass is 10.4. The summed E-state index contributed by atoms with van der Waals surface area (Å²) in [6.45, 7) is 2.34. The molecule has 1 N–H and O–H groups in total. The second-order valence-corrected chi connectivity index (χ2v) is 2.95. The number of rotatable bonds is 4. The van der Waals surface area contributed by atoms with E-state index >= 15 is 0 Å². The van der Waals surface area contributed by atoms with Crippen molar-refractivity contribution in [3.63, 3.8) is 0 Å². The molecule has 2 amide bonds. The summed E-state index contributed by atoms with van der Waals surface area (Å²) in [5, 5.41) is 8.43. The molecule has 13 heavy (non-hydrogen) atoms. The molecule has 5 nitrogen and oxygen atoms in total. The first-order chi connectivity index (χ1) is 5.99. The molecule has 0 radical (unpaired) electrons. The largest absolute Gasteiger partial charge is 0.480 e. The van der Waals surface area contributed by atoms with Crippen LogP contribution in [0.4, 0.5) is 4.79 Å². The van der Waals surface area contributed by atoms with Crippen molar-refractivity contribution in [2.75, 3.05) is 27.2 Å². The molecule has 0 bridgehead atoms. The van der Waals surface area contributed by atoms with Crippen molar-refractivity contribution in [1.29, 1.82) is 0 Å². The Morgan fingerprint density at radius 3 is 2.15 bits per heavy atom. The Bertz CT molecular complexity index is 194. The van der Waals surface area contributed by atoms with Crippen LogP contribution >= 0.6 is 0 Å². The molecular formula is C8H16N2O3. The Hall–Kier alpha value is -1.26. The second kappa shape index (κ2) is 5.40. The number of hydrogen-bond donors (Lipinski definition) is 1. The van der Waals surface area contributed by atoms with Crippen molar-refractivity contribution >= 4 is 12.0 Å². The van der Waals surface area contributed by atoms with Crippen molar-refractivity contribution in [1.82, 2.24) is 9.80 Å². The van der Waals surface area contributed by atoms with E-state index in [2.05, 4.69) is 0 Å². The van der Waals surface area contributed by atoms with E-state index in [0.717, 1.165) is 6.42 Å². The third-order valence-electron chi connectivity index (χ3n) is 1.58. The third kappa shape index (κ3) is 4.35. The number of nitrogens with zero attached hydrogens (tertiary/aromatic N) is 2. The number of carboxylic acids is 1. The summed E-state index contributed by atoms with van der Waals surface area (Å²) in [4.78, 5) is 24.3. The minimum Gasteiger partial charge on any atom is -0.480 e. The van der Waals surface area contributed by atoms with Crippen LogP contribution in [0.2, 0.25) is 0 Å². The molecule has 0 aromatic rings. The minimum absolute atomic E-state index is 0.257. The zero-order valence-electron chi connectivity index (χ0n) is 8.28. The number of carbonyl (C=O) groups excluding carboxylic acids is 1. The number of likely N-dealkylation sites (N-methyl/N-ethyl adjacent to an activating group) is 1. The summed E-state index contributed by atoms with van der Waals surface area (Å²) in [5.41, 5.74) is 0. The zero-order chi connectivity index (χ0) is 10.4. The molecule has 0 rings (SSSR count). The maximum Gasteiger partial charge on any atom is 0.323 e. The quantitative estimate of drug-likeness (QED) is 0.697. The molecule has 0 atom stereocenters. The smallest absolute Gasteiger partial charge is 0.323 e. The highest BCUT2D eigenvalue weighted by molar-refractivity contribution is 5.79. The maximum absolute atomic E-state index is 11.4. The van der Waals surface area contributed by atoms with Gasteiger partial charge in [-0.1, -0.05) is 6.92 Å². The van der Waals surface area contributed by atoms with Crippen LogP contribution in [0.5, 0.6) is 0 Å². The summed E-state index contributed by atoms with van der Waals surface area (Å²) in [7, 11) is 3.13. The molecule has 0 saturated carbocycles. The topological polar surface area (TPSA) is 60.9 Å². The van der Waals surface area contributed by atoms with E-state index < -0.39 is 5.97 Å². The van der Waals surface area contributed by atoms with Gasteiger partial charge in [-0.05, 0) is 6.42 Å². The number of amides is 2. The first-order valence-corrected chi connectivity index (χ1v) is 4.17. The molecule has 0 aliphatic heterocycles. The molecule has 0 unspecified atom stereocenters. The van der Waals surface area contributed by atoms with E-state index in [1.165, 1.54) is 16.8 Å². The summed E-state index contributed by atoms with van der Waals surface area (Å²) in [6, 6.07) is -0.260. The summed E-state index contributed by atoms with van der Waals surface area (Å²) >= 11 is 0. The van der Waals surface area contributed by atoms with Crippen LogP contribution in [-0.4, -0.2) is 54.1 Å². The van der Waals surface area contributed by atoms with Gasteiger partial charge in [-0.25, -0.2) is 4.79 Å². The van der Waals surface area contributed by atoms with E-state index in [1.54, 1.807) is 7.05 Å². The monoisotopic (exact) mass is 188 g/mol. The lowest BCUT2D eigenvalue weighted by Crippen LogP contribution is -2.41. The highest BCUT2D eigenvalue weighted by atomic mass is 16.4. The zero-order valence-corrected chi connectivity index (χ0v) is 8.28. The molecule has 0 aliphatic carbocycles. The van der Waals surface area contributed by atoms with Gasteiger partial charge >= 0.3 is 12.0 Å². The SMILES string of the molecule is CCCN(C)C(=O)N(C)CC(=O)O. The van der Waals surface area contributed by atoms with Crippen LogP contribution in [0.3, 0.4) is 0 Å². The average molecular weight is 188 g/mol. The fourth-order valence-corrected chi connectivity index (χ4v) is 0.993. The van der Waals surface area contributed by atoms with Gasteiger partial charge in [0.1, 0.15) is 6.54 Å². The van der Waals surface area contributed by atoms with Gasteiger partial charge in [0.25, 0.3) is 0 Å². The lowest BCUT2D eigenvalue weighted by molar-refractivity contribution is -0.137. The van der Waals surface area contributed by atoms with E-state index in [-0.39, 0.29) is 12.6 Å². The van der Waals surface area contributed by atoms with Crippen molar-refractivity contribution < 1.29 is 14.7 Å². The fraction of sp³-hybridized carbons (Fsp3) is 0.750. The van der Waals surface area contributed by atoms with Crippen LogP contribution in [-0.2, 0) is 4.79 Å². The molecule has 76 valence electrons. The fourth-order valence-electron chi connectivity index (χ4n) is 0.993. The predicted octanol–water partition coefficient (Wildman–Crippen LogP) is 0.465. The normalized spacial score (nSPS) is 9.46. The van der Waals surface area contributed by atoms with Gasteiger partial charge in [-0.3, -0.25) is 4.79 Å². The molecular weight excluding hydrogens is 172 g/mol. The highest BCUT2D eigenvalue weighted by Crippen LogP contribution is 1.94. The van der Waals surface area contributed by atoms with Gasteiger partial charge in [-0.2, -0.15) is 0 Å². The van der Waals surface area contributed by atoms with Crippen molar-refractivity contribution in [2.24, 2.45) is 0 Å². The van der Waals surface area contributed by atoms with E-state index in [9.17, 15) is 9.59 Å².